The first-order valence-electron chi connectivity index (χ1n) is 12.4. The predicted octanol–water partition coefficient (Wildman–Crippen LogP) is 2.43. The molecule has 3 aliphatic heterocycles. The number of nitrogens with zero attached hydrogens (tertiary/aromatic N) is 5. The fourth-order valence-electron chi connectivity index (χ4n) is 4.92. The van der Waals surface area contributed by atoms with Gasteiger partial charge in [0.05, 0.1) is 5.69 Å². The van der Waals surface area contributed by atoms with Crippen molar-refractivity contribution in [2.75, 3.05) is 51.3 Å². The zero-order valence-electron chi connectivity index (χ0n) is 20.9. The molecular formula is C24H40N6O3. The lowest BCUT2D eigenvalue weighted by molar-refractivity contribution is 0.0218. The van der Waals surface area contributed by atoms with E-state index < -0.39 is 5.60 Å². The molecule has 0 aromatic carbocycles. The molecule has 0 bridgehead atoms. The summed E-state index contributed by atoms with van der Waals surface area (Å²) in [5, 5.41) is 3.48. The largest absolute Gasteiger partial charge is 0.462 e. The SMILES string of the molecule is C[C@H]1CN(C(=O)OC(C)(C)C)CCN1c1nc(OC[C@@H]2CCCN2C)nc2c1CCCNC2. The molecule has 9 nitrogen and oxygen atoms in total. The average molecular weight is 461 g/mol. The van der Waals surface area contributed by atoms with E-state index in [1.165, 1.54) is 12.0 Å². The molecule has 2 atom stereocenters. The van der Waals surface area contributed by atoms with Crippen molar-refractivity contribution in [1.82, 2.24) is 25.1 Å². The number of aromatic nitrogens is 2. The molecule has 1 N–H and O–H groups in total. The van der Waals surface area contributed by atoms with E-state index in [2.05, 4.69) is 29.1 Å². The number of likely N-dealkylation sites (N-methyl/N-ethyl adjacent to an activating group) is 1. The minimum Gasteiger partial charge on any atom is -0.462 e. The van der Waals surface area contributed by atoms with Gasteiger partial charge >= 0.3 is 12.1 Å². The van der Waals surface area contributed by atoms with Crippen molar-refractivity contribution in [1.29, 1.82) is 0 Å². The maximum absolute atomic E-state index is 12.6. The molecule has 0 saturated carbocycles. The van der Waals surface area contributed by atoms with Crippen LogP contribution in [0.15, 0.2) is 0 Å². The van der Waals surface area contributed by atoms with Crippen molar-refractivity contribution < 1.29 is 14.3 Å². The van der Waals surface area contributed by atoms with Crippen LogP contribution in [0.4, 0.5) is 10.6 Å². The Labute approximate surface area is 197 Å². The van der Waals surface area contributed by atoms with Crippen molar-refractivity contribution in [3.05, 3.63) is 11.3 Å². The zero-order chi connectivity index (χ0) is 23.6. The molecule has 9 heteroatoms. The Morgan fingerprint density at radius 1 is 1.18 bits per heavy atom. The summed E-state index contributed by atoms with van der Waals surface area (Å²) in [5.74, 6) is 0.967. The number of carbonyl (C=O) groups excluding carboxylic acids is 1. The van der Waals surface area contributed by atoms with Gasteiger partial charge in [-0.1, -0.05) is 0 Å². The number of piperazine rings is 1. The lowest BCUT2D eigenvalue weighted by Crippen LogP contribution is -2.55. The molecule has 0 aliphatic carbocycles. The second kappa shape index (κ2) is 10.0. The van der Waals surface area contributed by atoms with Gasteiger partial charge in [0.25, 0.3) is 0 Å². The first kappa shape index (κ1) is 24.0. The number of carbonyl (C=O) groups is 1. The van der Waals surface area contributed by atoms with Crippen molar-refractivity contribution in [2.24, 2.45) is 0 Å². The van der Waals surface area contributed by atoms with Gasteiger partial charge in [0.15, 0.2) is 0 Å². The number of nitrogens with one attached hydrogen (secondary N) is 1. The van der Waals surface area contributed by atoms with E-state index in [0.717, 1.165) is 50.4 Å². The maximum Gasteiger partial charge on any atom is 0.410 e. The fourth-order valence-corrected chi connectivity index (χ4v) is 4.92. The monoisotopic (exact) mass is 460 g/mol. The van der Waals surface area contributed by atoms with Crippen LogP contribution in [0.1, 0.15) is 58.2 Å². The lowest BCUT2D eigenvalue weighted by atomic mass is 10.1. The average Bonchev–Trinajstić information content (AvgIpc) is 3.01. The van der Waals surface area contributed by atoms with Crippen LogP contribution in [0, 0.1) is 0 Å². The van der Waals surface area contributed by atoms with Gasteiger partial charge < -0.3 is 29.5 Å². The summed E-state index contributed by atoms with van der Waals surface area (Å²) in [5.41, 5.74) is 1.76. The number of likely N-dealkylation sites (tertiary alicyclic amines) is 1. The molecule has 0 radical (unpaired) electrons. The Balaban J connectivity index is 1.52. The number of hydrogen-bond donors (Lipinski definition) is 1. The van der Waals surface area contributed by atoms with E-state index in [-0.39, 0.29) is 12.1 Å². The molecule has 2 fully saturated rings. The normalized spacial score (nSPS) is 24.4. The van der Waals surface area contributed by atoms with Gasteiger partial charge in [-0.15, -0.1) is 0 Å². The molecule has 184 valence electrons. The highest BCUT2D eigenvalue weighted by atomic mass is 16.6. The Kier molecular flexibility index (Phi) is 7.28. The molecule has 1 aromatic rings. The minimum atomic E-state index is -0.492. The Bertz CT molecular complexity index is 842. The van der Waals surface area contributed by atoms with Gasteiger partial charge in [0, 0.05) is 43.8 Å². The number of anilines is 1. The van der Waals surface area contributed by atoms with Gasteiger partial charge in [-0.25, -0.2) is 4.79 Å². The Morgan fingerprint density at radius 2 is 2.00 bits per heavy atom. The van der Waals surface area contributed by atoms with Crippen LogP contribution in [0.5, 0.6) is 6.01 Å². The van der Waals surface area contributed by atoms with Gasteiger partial charge in [0.1, 0.15) is 18.0 Å². The number of hydrogen-bond acceptors (Lipinski definition) is 8. The minimum absolute atomic E-state index is 0.121. The number of amides is 1. The second-order valence-electron chi connectivity index (χ2n) is 10.6. The summed E-state index contributed by atoms with van der Waals surface area (Å²) in [6.45, 7) is 13.2. The van der Waals surface area contributed by atoms with Gasteiger partial charge in [0.2, 0.25) is 0 Å². The van der Waals surface area contributed by atoms with E-state index in [1.54, 1.807) is 4.90 Å². The van der Waals surface area contributed by atoms with Gasteiger partial charge in [-0.05, 0) is 73.5 Å². The van der Waals surface area contributed by atoms with Crippen molar-refractivity contribution in [3.8, 4) is 6.01 Å². The zero-order valence-corrected chi connectivity index (χ0v) is 20.9. The van der Waals surface area contributed by atoms with Crippen LogP contribution >= 0.6 is 0 Å². The third-order valence-electron chi connectivity index (χ3n) is 6.75. The van der Waals surface area contributed by atoms with Crippen LogP contribution in [0.3, 0.4) is 0 Å². The molecule has 0 unspecified atom stereocenters. The summed E-state index contributed by atoms with van der Waals surface area (Å²) in [6, 6.07) is 1.01. The summed E-state index contributed by atoms with van der Waals surface area (Å²) in [7, 11) is 2.15. The predicted molar refractivity (Wildman–Crippen MR) is 128 cm³/mol. The summed E-state index contributed by atoms with van der Waals surface area (Å²) < 4.78 is 11.7. The van der Waals surface area contributed by atoms with Gasteiger partial charge in [-0.3, -0.25) is 0 Å². The van der Waals surface area contributed by atoms with E-state index in [0.29, 0.717) is 38.3 Å². The number of rotatable bonds is 4. The summed E-state index contributed by atoms with van der Waals surface area (Å²) in [6.07, 6.45) is 4.12. The quantitative estimate of drug-likeness (QED) is 0.734. The van der Waals surface area contributed by atoms with Crippen LogP contribution in [0.2, 0.25) is 0 Å². The summed E-state index contributed by atoms with van der Waals surface area (Å²) >= 11 is 0. The van der Waals surface area contributed by atoms with E-state index in [1.807, 2.05) is 20.8 Å². The van der Waals surface area contributed by atoms with Crippen LogP contribution in [-0.2, 0) is 17.7 Å². The molecule has 4 heterocycles. The number of fused-ring (bicyclic) bond motifs is 1. The van der Waals surface area contributed by atoms with Crippen LogP contribution in [-0.4, -0.2) is 89.9 Å². The van der Waals surface area contributed by atoms with E-state index in [9.17, 15) is 4.79 Å². The standard InChI is InChI=1S/C24H40N6O3/c1-17-15-29(23(31)33-24(2,3)4)12-13-30(17)21-19-9-6-10-25-14-20(19)26-22(27-21)32-16-18-8-7-11-28(18)5/h17-18,25H,6-16H2,1-5H3/t17-,18-/m0/s1. The maximum atomic E-state index is 12.6. The molecule has 1 amide bonds. The molecule has 0 spiro atoms. The van der Waals surface area contributed by atoms with Crippen LogP contribution in [0.25, 0.3) is 0 Å². The van der Waals surface area contributed by atoms with Crippen molar-refractivity contribution in [3.63, 3.8) is 0 Å². The van der Waals surface area contributed by atoms with Crippen LogP contribution < -0.4 is 15.0 Å². The van der Waals surface area contributed by atoms with E-state index in [4.69, 9.17) is 19.4 Å². The third-order valence-corrected chi connectivity index (χ3v) is 6.75. The molecule has 3 aliphatic rings. The smallest absolute Gasteiger partial charge is 0.410 e. The van der Waals surface area contributed by atoms with E-state index >= 15 is 0 Å². The summed E-state index contributed by atoms with van der Waals surface area (Å²) in [4.78, 5) is 28.8. The highest BCUT2D eigenvalue weighted by Gasteiger charge is 2.33. The number of ether oxygens (including phenoxy) is 2. The lowest BCUT2D eigenvalue weighted by Gasteiger charge is -2.41. The topological polar surface area (TPSA) is 83.1 Å². The van der Waals surface area contributed by atoms with Crippen molar-refractivity contribution in [2.45, 2.75) is 77.6 Å². The Hall–Kier alpha value is -2.13. The first-order chi connectivity index (χ1) is 15.7. The molecule has 33 heavy (non-hydrogen) atoms. The Morgan fingerprint density at radius 3 is 2.70 bits per heavy atom. The molecule has 1 aromatic heterocycles. The van der Waals surface area contributed by atoms with Crippen molar-refractivity contribution >= 4 is 11.9 Å². The fraction of sp³-hybridized carbons (Fsp3) is 0.792. The molecular weight excluding hydrogens is 420 g/mol. The van der Waals surface area contributed by atoms with Gasteiger partial charge in [-0.2, -0.15) is 9.97 Å². The second-order valence-corrected chi connectivity index (χ2v) is 10.6. The molecule has 2 saturated heterocycles. The highest BCUT2D eigenvalue weighted by molar-refractivity contribution is 5.69. The highest BCUT2D eigenvalue weighted by Crippen LogP contribution is 2.30. The first-order valence-corrected chi connectivity index (χ1v) is 12.4. The molecule has 4 rings (SSSR count). The third kappa shape index (κ3) is 5.87.